The van der Waals surface area contributed by atoms with Crippen molar-refractivity contribution in [2.24, 2.45) is 5.73 Å². The molecule has 0 aliphatic carbocycles. The van der Waals surface area contributed by atoms with Crippen LogP contribution in [0.1, 0.15) is 22.7 Å². The summed E-state index contributed by atoms with van der Waals surface area (Å²) >= 11 is 6.06. The molecule has 1 unspecified atom stereocenters. The van der Waals surface area contributed by atoms with Crippen LogP contribution < -0.4 is 10.5 Å². The lowest BCUT2D eigenvalue weighted by molar-refractivity contribution is 0.202. The summed E-state index contributed by atoms with van der Waals surface area (Å²) in [5.74, 6) is 0.746. The van der Waals surface area contributed by atoms with E-state index >= 15 is 0 Å². The molecule has 0 heterocycles. The van der Waals surface area contributed by atoms with Crippen molar-refractivity contribution in [2.45, 2.75) is 12.5 Å². The third-order valence-corrected chi connectivity index (χ3v) is 3.70. The maximum absolute atomic E-state index is 6.35. The summed E-state index contributed by atoms with van der Waals surface area (Å²) in [7, 11) is 3.34. The topological polar surface area (TPSA) is 44.5 Å². The Labute approximate surface area is 130 Å². The Bertz CT molecular complexity index is 584. The number of hydrogen-bond acceptors (Lipinski definition) is 3. The van der Waals surface area contributed by atoms with Crippen molar-refractivity contribution >= 4 is 11.6 Å². The third-order valence-electron chi connectivity index (χ3n) is 3.46. The molecule has 0 saturated carbocycles. The van der Waals surface area contributed by atoms with Gasteiger partial charge in [0.05, 0.1) is 19.8 Å². The van der Waals surface area contributed by atoms with E-state index in [9.17, 15) is 0 Å². The van der Waals surface area contributed by atoms with Crippen molar-refractivity contribution in [2.75, 3.05) is 20.8 Å². The van der Waals surface area contributed by atoms with Gasteiger partial charge >= 0.3 is 0 Å². The highest BCUT2D eigenvalue weighted by atomic mass is 35.5. The Hall–Kier alpha value is -1.55. The average molecular weight is 306 g/mol. The molecule has 0 aliphatic rings. The van der Waals surface area contributed by atoms with E-state index in [0.29, 0.717) is 11.6 Å². The Morgan fingerprint density at radius 3 is 2.43 bits per heavy atom. The van der Waals surface area contributed by atoms with E-state index in [4.69, 9.17) is 26.8 Å². The molecule has 0 amide bonds. The van der Waals surface area contributed by atoms with Crippen molar-refractivity contribution in [3.63, 3.8) is 0 Å². The minimum absolute atomic E-state index is 0.268. The summed E-state index contributed by atoms with van der Waals surface area (Å²) < 4.78 is 10.4. The Morgan fingerprint density at radius 1 is 1.10 bits per heavy atom. The third kappa shape index (κ3) is 3.97. The molecule has 0 aromatic heterocycles. The summed E-state index contributed by atoms with van der Waals surface area (Å²) in [5, 5.41) is 0.651. The lowest BCUT2D eigenvalue weighted by atomic mass is 9.97. The highest BCUT2D eigenvalue weighted by Gasteiger charge is 2.14. The summed E-state index contributed by atoms with van der Waals surface area (Å²) in [4.78, 5) is 0. The predicted octanol–water partition coefficient (Wildman–Crippen LogP) is 3.59. The van der Waals surface area contributed by atoms with Crippen LogP contribution in [0.4, 0.5) is 0 Å². The molecule has 3 nitrogen and oxygen atoms in total. The second-order valence-electron chi connectivity index (χ2n) is 4.85. The van der Waals surface area contributed by atoms with Gasteiger partial charge in [-0.2, -0.15) is 0 Å². The van der Waals surface area contributed by atoms with Crippen LogP contribution in [0.15, 0.2) is 42.5 Å². The molecule has 0 bridgehead atoms. The minimum Gasteiger partial charge on any atom is -0.496 e. The van der Waals surface area contributed by atoms with Crippen LogP contribution in [0.3, 0.4) is 0 Å². The van der Waals surface area contributed by atoms with Crippen molar-refractivity contribution in [3.05, 3.63) is 64.2 Å². The van der Waals surface area contributed by atoms with Crippen molar-refractivity contribution in [1.82, 2.24) is 0 Å². The van der Waals surface area contributed by atoms with Gasteiger partial charge in [0, 0.05) is 17.7 Å². The van der Waals surface area contributed by atoms with Gasteiger partial charge in [-0.1, -0.05) is 35.9 Å². The van der Waals surface area contributed by atoms with Crippen LogP contribution in [0, 0.1) is 0 Å². The van der Waals surface area contributed by atoms with Gasteiger partial charge in [-0.15, -0.1) is 0 Å². The Balaban J connectivity index is 2.23. The highest BCUT2D eigenvalue weighted by Crippen LogP contribution is 2.30. The fourth-order valence-electron chi connectivity index (χ4n) is 2.24. The first-order valence-corrected chi connectivity index (χ1v) is 7.20. The zero-order valence-corrected chi connectivity index (χ0v) is 13.1. The van der Waals surface area contributed by atoms with Crippen LogP contribution >= 0.6 is 11.6 Å². The SMILES string of the molecule is COCCc1ccc(C(N)c2cc(Cl)ccc2OC)cc1. The molecule has 112 valence electrons. The molecule has 0 spiro atoms. The molecule has 0 aliphatic heterocycles. The molecule has 1 atom stereocenters. The first-order valence-electron chi connectivity index (χ1n) is 6.82. The fourth-order valence-corrected chi connectivity index (χ4v) is 2.42. The van der Waals surface area contributed by atoms with Gasteiger partial charge in [0.15, 0.2) is 0 Å². The average Bonchev–Trinajstić information content (AvgIpc) is 2.52. The van der Waals surface area contributed by atoms with Gasteiger partial charge in [0.1, 0.15) is 5.75 Å². The van der Waals surface area contributed by atoms with Crippen LogP contribution in [0.25, 0.3) is 0 Å². The van der Waals surface area contributed by atoms with E-state index in [-0.39, 0.29) is 6.04 Å². The van der Waals surface area contributed by atoms with Gasteiger partial charge in [-0.3, -0.25) is 0 Å². The van der Waals surface area contributed by atoms with Gasteiger partial charge in [0.25, 0.3) is 0 Å². The summed E-state index contributed by atoms with van der Waals surface area (Å²) in [5.41, 5.74) is 9.48. The van der Waals surface area contributed by atoms with E-state index in [1.54, 1.807) is 20.3 Å². The number of ether oxygens (including phenoxy) is 2. The molecule has 21 heavy (non-hydrogen) atoms. The number of halogens is 1. The van der Waals surface area contributed by atoms with Crippen LogP contribution in [-0.2, 0) is 11.2 Å². The zero-order valence-electron chi connectivity index (χ0n) is 12.3. The molecule has 0 saturated heterocycles. The molecule has 0 fully saturated rings. The van der Waals surface area contributed by atoms with Crippen molar-refractivity contribution < 1.29 is 9.47 Å². The predicted molar refractivity (Wildman–Crippen MR) is 86.1 cm³/mol. The normalized spacial score (nSPS) is 12.2. The molecule has 4 heteroatoms. The molecule has 2 N–H and O–H groups in total. The minimum atomic E-state index is -0.268. The number of hydrogen-bond donors (Lipinski definition) is 1. The van der Waals surface area contributed by atoms with E-state index in [0.717, 1.165) is 23.3 Å². The maximum atomic E-state index is 6.35. The van der Waals surface area contributed by atoms with Crippen LogP contribution in [0.5, 0.6) is 5.75 Å². The van der Waals surface area contributed by atoms with E-state index in [1.165, 1.54) is 5.56 Å². The van der Waals surface area contributed by atoms with Crippen molar-refractivity contribution in [1.29, 1.82) is 0 Å². The number of nitrogens with two attached hydrogens (primary N) is 1. The molecular formula is C17H20ClNO2. The molecule has 2 aromatic carbocycles. The second-order valence-corrected chi connectivity index (χ2v) is 5.28. The Morgan fingerprint density at radius 2 is 1.81 bits per heavy atom. The maximum Gasteiger partial charge on any atom is 0.124 e. The largest absolute Gasteiger partial charge is 0.496 e. The smallest absolute Gasteiger partial charge is 0.124 e. The van der Waals surface area contributed by atoms with Gasteiger partial charge < -0.3 is 15.2 Å². The number of benzene rings is 2. The first kappa shape index (κ1) is 15.8. The number of methoxy groups -OCH3 is 2. The zero-order chi connectivity index (χ0) is 15.2. The van der Waals surface area contributed by atoms with E-state index in [1.807, 2.05) is 24.3 Å². The van der Waals surface area contributed by atoms with Gasteiger partial charge in [-0.25, -0.2) is 0 Å². The monoisotopic (exact) mass is 305 g/mol. The first-order chi connectivity index (χ1) is 10.2. The Kier molecular flexibility index (Phi) is 5.62. The van der Waals surface area contributed by atoms with E-state index < -0.39 is 0 Å². The fraction of sp³-hybridized carbons (Fsp3) is 0.294. The van der Waals surface area contributed by atoms with E-state index in [2.05, 4.69) is 12.1 Å². The highest BCUT2D eigenvalue weighted by molar-refractivity contribution is 6.30. The van der Waals surface area contributed by atoms with Crippen molar-refractivity contribution in [3.8, 4) is 5.75 Å². The standard InChI is InChI=1S/C17H20ClNO2/c1-20-10-9-12-3-5-13(6-4-12)17(19)15-11-14(18)7-8-16(15)21-2/h3-8,11,17H,9-10,19H2,1-2H3. The molecule has 0 radical (unpaired) electrons. The molecule has 2 rings (SSSR count). The summed E-state index contributed by atoms with van der Waals surface area (Å²) in [6.07, 6.45) is 0.895. The number of rotatable bonds is 6. The van der Waals surface area contributed by atoms with Gasteiger partial charge in [0.2, 0.25) is 0 Å². The quantitative estimate of drug-likeness (QED) is 0.887. The lowest BCUT2D eigenvalue weighted by Crippen LogP contribution is -2.13. The lowest BCUT2D eigenvalue weighted by Gasteiger charge is -2.17. The summed E-state index contributed by atoms with van der Waals surface area (Å²) in [6.45, 7) is 0.716. The van der Waals surface area contributed by atoms with Crippen LogP contribution in [-0.4, -0.2) is 20.8 Å². The summed E-state index contributed by atoms with van der Waals surface area (Å²) in [6, 6.07) is 13.4. The molecular weight excluding hydrogens is 286 g/mol. The van der Waals surface area contributed by atoms with Crippen LogP contribution in [0.2, 0.25) is 5.02 Å². The molecule has 2 aromatic rings. The second kappa shape index (κ2) is 7.46. The van der Waals surface area contributed by atoms with Gasteiger partial charge in [-0.05, 0) is 35.7 Å².